The van der Waals surface area contributed by atoms with Gasteiger partial charge >= 0.3 is 12.1 Å². The molecule has 1 saturated carbocycles. The number of halogens is 2. The quantitative estimate of drug-likeness (QED) is 0.281. The van der Waals surface area contributed by atoms with Crippen LogP contribution in [0.4, 0.5) is 15.0 Å². The molecule has 0 saturated heterocycles. The van der Waals surface area contributed by atoms with Crippen molar-refractivity contribution < 1.29 is 23.8 Å². The number of carboxylic acids is 1. The fraction of sp³-hybridized carbons (Fsp3) is 0.179. The summed E-state index contributed by atoms with van der Waals surface area (Å²) < 4.78 is 21.8. The number of carboxylic acid groups (broad SMARTS) is 1. The first-order valence-corrected chi connectivity index (χ1v) is 12.1. The summed E-state index contributed by atoms with van der Waals surface area (Å²) in [4.78, 5) is 24.1. The highest BCUT2D eigenvalue weighted by molar-refractivity contribution is 6.33. The van der Waals surface area contributed by atoms with Crippen LogP contribution in [0.3, 0.4) is 0 Å². The van der Waals surface area contributed by atoms with E-state index in [2.05, 4.69) is 10.4 Å². The van der Waals surface area contributed by atoms with Crippen molar-refractivity contribution >= 4 is 29.5 Å². The topological polar surface area (TPSA) is 93.5 Å². The molecule has 0 spiro atoms. The first-order valence-electron chi connectivity index (χ1n) is 11.7. The summed E-state index contributed by atoms with van der Waals surface area (Å²) >= 11 is 6.27. The maximum Gasteiger partial charge on any atom is 0.413 e. The maximum absolute atomic E-state index is 14.9. The lowest BCUT2D eigenvalue weighted by atomic mass is 9.93. The number of amides is 1. The number of anilines is 1. The van der Waals surface area contributed by atoms with Crippen LogP contribution in [0.1, 0.15) is 37.0 Å². The average molecular weight is 520 g/mol. The molecular formula is C28H23ClFN3O4. The number of nitrogens with zero attached hydrogens (tertiary/aromatic N) is 2. The van der Waals surface area contributed by atoms with Crippen LogP contribution in [0.2, 0.25) is 5.02 Å². The van der Waals surface area contributed by atoms with Crippen LogP contribution in [0, 0.1) is 5.82 Å². The summed E-state index contributed by atoms with van der Waals surface area (Å²) in [6, 6.07) is 20.8. The van der Waals surface area contributed by atoms with E-state index in [1.165, 1.54) is 16.9 Å². The van der Waals surface area contributed by atoms with Gasteiger partial charge in [0, 0.05) is 5.56 Å². The molecule has 1 aliphatic carbocycles. The molecule has 1 atom stereocenters. The van der Waals surface area contributed by atoms with Gasteiger partial charge < -0.3 is 9.84 Å². The molecule has 9 heteroatoms. The zero-order valence-electron chi connectivity index (χ0n) is 19.8. The number of aromatic nitrogens is 2. The molecule has 0 radical (unpaired) electrons. The number of hydrogen-bond donors (Lipinski definition) is 2. The number of hydrogen-bond acceptors (Lipinski definition) is 4. The molecule has 0 bridgehead atoms. The molecule has 4 aromatic rings. The van der Waals surface area contributed by atoms with Crippen LogP contribution in [0.15, 0.2) is 79.0 Å². The van der Waals surface area contributed by atoms with Gasteiger partial charge in [-0.1, -0.05) is 66.2 Å². The Kier molecular flexibility index (Phi) is 6.43. The van der Waals surface area contributed by atoms with Crippen molar-refractivity contribution in [3.05, 3.63) is 101 Å². The van der Waals surface area contributed by atoms with Crippen LogP contribution >= 0.6 is 11.6 Å². The van der Waals surface area contributed by atoms with Crippen molar-refractivity contribution in [1.29, 1.82) is 0 Å². The van der Waals surface area contributed by atoms with E-state index in [-0.39, 0.29) is 10.8 Å². The van der Waals surface area contributed by atoms with Crippen LogP contribution < -0.4 is 5.32 Å². The molecule has 1 heterocycles. The predicted molar refractivity (Wildman–Crippen MR) is 137 cm³/mol. The van der Waals surface area contributed by atoms with E-state index in [0.29, 0.717) is 35.2 Å². The highest BCUT2D eigenvalue weighted by Crippen LogP contribution is 2.49. The Labute approximate surface area is 217 Å². The van der Waals surface area contributed by atoms with Gasteiger partial charge in [-0.2, -0.15) is 5.10 Å². The standard InChI is InChI=1S/C28H23ClFN3O4/c1-17(18-5-3-2-4-6-18)37-27(36)32-25-23(29)16-31-33(25)21-10-7-19(8-11-21)22-12-9-20(15-24(22)30)28(13-14-28)26(34)35/h2-12,15-17H,13-14H2,1H3,(H,32,36)(H,34,35)/t17-/m1/s1. The molecule has 188 valence electrons. The molecule has 1 aromatic heterocycles. The third-order valence-electron chi connectivity index (χ3n) is 6.60. The average Bonchev–Trinajstić information content (AvgIpc) is 3.64. The van der Waals surface area contributed by atoms with E-state index in [1.807, 2.05) is 30.3 Å². The third-order valence-corrected chi connectivity index (χ3v) is 6.88. The molecule has 0 aliphatic heterocycles. The maximum atomic E-state index is 14.9. The van der Waals surface area contributed by atoms with Crippen molar-refractivity contribution in [3.63, 3.8) is 0 Å². The largest absolute Gasteiger partial charge is 0.481 e. The van der Waals surface area contributed by atoms with Gasteiger partial charge in [-0.3, -0.25) is 10.1 Å². The number of nitrogens with one attached hydrogen (secondary N) is 1. The van der Waals surface area contributed by atoms with E-state index < -0.39 is 29.4 Å². The summed E-state index contributed by atoms with van der Waals surface area (Å²) in [6.07, 6.45) is 1.27. The van der Waals surface area contributed by atoms with E-state index in [4.69, 9.17) is 16.3 Å². The van der Waals surface area contributed by atoms with Gasteiger partial charge in [0.25, 0.3) is 0 Å². The fourth-order valence-corrected chi connectivity index (χ4v) is 4.47. The SMILES string of the molecule is C[C@@H](OC(=O)Nc1c(Cl)cnn1-c1ccc(-c2ccc(C3(C(=O)O)CC3)cc2F)cc1)c1ccccc1. The minimum absolute atomic E-state index is 0.224. The molecule has 1 amide bonds. The predicted octanol–water partition coefficient (Wildman–Crippen LogP) is 6.76. The highest BCUT2D eigenvalue weighted by Gasteiger charge is 2.51. The van der Waals surface area contributed by atoms with Gasteiger partial charge in [0.15, 0.2) is 5.82 Å². The van der Waals surface area contributed by atoms with E-state index >= 15 is 0 Å². The highest BCUT2D eigenvalue weighted by atomic mass is 35.5. The van der Waals surface area contributed by atoms with Crippen molar-refractivity contribution in [3.8, 4) is 16.8 Å². The van der Waals surface area contributed by atoms with Gasteiger partial charge in [-0.05, 0) is 54.7 Å². The normalized spacial score (nSPS) is 14.6. The molecule has 5 rings (SSSR count). The molecule has 2 N–H and O–H groups in total. The first-order chi connectivity index (χ1) is 17.8. The smallest absolute Gasteiger partial charge is 0.413 e. The van der Waals surface area contributed by atoms with Crippen LogP contribution in [0.25, 0.3) is 16.8 Å². The Morgan fingerprint density at radius 1 is 1.11 bits per heavy atom. The second-order valence-corrected chi connectivity index (χ2v) is 9.37. The lowest BCUT2D eigenvalue weighted by Gasteiger charge is -2.15. The zero-order chi connectivity index (χ0) is 26.2. The first kappa shape index (κ1) is 24.5. The molecule has 7 nitrogen and oxygen atoms in total. The Hall–Kier alpha value is -4.17. The van der Waals surface area contributed by atoms with E-state index in [9.17, 15) is 19.1 Å². The molecule has 37 heavy (non-hydrogen) atoms. The zero-order valence-corrected chi connectivity index (χ0v) is 20.6. The fourth-order valence-electron chi connectivity index (χ4n) is 4.30. The van der Waals surface area contributed by atoms with Crippen molar-refractivity contribution in [2.75, 3.05) is 5.32 Å². The summed E-state index contributed by atoms with van der Waals surface area (Å²) in [6.45, 7) is 1.77. The third kappa shape index (κ3) is 4.80. The van der Waals surface area contributed by atoms with E-state index in [1.54, 1.807) is 43.3 Å². The lowest BCUT2D eigenvalue weighted by molar-refractivity contribution is -0.140. The van der Waals surface area contributed by atoms with Crippen LogP contribution in [-0.4, -0.2) is 26.9 Å². The molecule has 3 aromatic carbocycles. The van der Waals surface area contributed by atoms with Crippen molar-refractivity contribution in [1.82, 2.24) is 9.78 Å². The lowest BCUT2D eigenvalue weighted by Crippen LogP contribution is -2.19. The number of carbonyl (C=O) groups excluding carboxylic acids is 1. The molecule has 1 aliphatic rings. The van der Waals surface area contributed by atoms with E-state index in [0.717, 1.165) is 5.56 Å². The monoisotopic (exact) mass is 519 g/mol. The number of aliphatic carboxylic acids is 1. The van der Waals surface area contributed by atoms with Gasteiger partial charge in [0.1, 0.15) is 16.9 Å². The molecule has 1 fully saturated rings. The van der Waals surface area contributed by atoms with Crippen LogP contribution in [-0.2, 0) is 14.9 Å². The number of carbonyl (C=O) groups is 2. The Morgan fingerprint density at radius 2 is 1.81 bits per heavy atom. The summed E-state index contributed by atoms with van der Waals surface area (Å²) in [7, 11) is 0. The van der Waals surface area contributed by atoms with Crippen LogP contribution in [0.5, 0.6) is 0 Å². The molecule has 0 unspecified atom stereocenters. The Balaban J connectivity index is 1.33. The van der Waals surface area contributed by atoms with Gasteiger partial charge in [0.05, 0.1) is 17.3 Å². The molecular weight excluding hydrogens is 497 g/mol. The summed E-state index contributed by atoms with van der Waals surface area (Å²) in [5, 5.41) is 16.6. The second-order valence-electron chi connectivity index (χ2n) is 8.96. The van der Waals surface area contributed by atoms with Crippen molar-refractivity contribution in [2.24, 2.45) is 0 Å². The van der Waals surface area contributed by atoms with Gasteiger partial charge in [0.2, 0.25) is 0 Å². The van der Waals surface area contributed by atoms with Gasteiger partial charge in [-0.25, -0.2) is 13.9 Å². The summed E-state index contributed by atoms with van der Waals surface area (Å²) in [5.74, 6) is -1.18. The summed E-state index contributed by atoms with van der Waals surface area (Å²) in [5.41, 5.74) is 1.91. The minimum Gasteiger partial charge on any atom is -0.481 e. The van der Waals surface area contributed by atoms with Crippen molar-refractivity contribution in [2.45, 2.75) is 31.3 Å². The minimum atomic E-state index is -0.966. The number of ether oxygens (including phenoxy) is 1. The Morgan fingerprint density at radius 3 is 2.43 bits per heavy atom. The number of benzene rings is 3. The van der Waals surface area contributed by atoms with Gasteiger partial charge in [-0.15, -0.1) is 0 Å². The second kappa shape index (κ2) is 9.71. The Bertz CT molecular complexity index is 1470. The number of rotatable bonds is 7.